The van der Waals surface area contributed by atoms with Crippen molar-refractivity contribution in [1.29, 1.82) is 0 Å². The van der Waals surface area contributed by atoms with Gasteiger partial charge in [-0.05, 0) is 24.7 Å². The second-order valence-electron chi connectivity index (χ2n) is 3.61. The molecule has 16 heavy (non-hydrogen) atoms. The summed E-state index contributed by atoms with van der Waals surface area (Å²) in [5.41, 5.74) is 5.52. The van der Waals surface area contributed by atoms with E-state index in [2.05, 4.69) is 0 Å². The molecule has 0 bridgehead atoms. The van der Waals surface area contributed by atoms with Crippen molar-refractivity contribution in [3.63, 3.8) is 0 Å². The second-order valence-corrected chi connectivity index (χ2v) is 3.61. The van der Waals surface area contributed by atoms with Crippen LogP contribution in [0.1, 0.15) is 12.0 Å². The molecule has 0 atom stereocenters. The zero-order valence-electron chi connectivity index (χ0n) is 8.71. The number of hydrogen-bond acceptors (Lipinski definition) is 3. The lowest BCUT2D eigenvalue weighted by atomic mass is 10.0. The Morgan fingerprint density at radius 2 is 1.94 bits per heavy atom. The van der Waals surface area contributed by atoms with Crippen LogP contribution in [-0.4, -0.2) is 19.8 Å². The first kappa shape index (κ1) is 11.4. The Morgan fingerprint density at radius 1 is 1.25 bits per heavy atom. The zero-order valence-corrected chi connectivity index (χ0v) is 8.71. The summed E-state index contributed by atoms with van der Waals surface area (Å²) >= 11 is 0. The van der Waals surface area contributed by atoms with Crippen molar-refractivity contribution < 1.29 is 18.3 Å². The molecule has 2 N–H and O–H groups in total. The third-order valence-corrected chi connectivity index (χ3v) is 2.57. The monoisotopic (exact) mass is 229 g/mol. The summed E-state index contributed by atoms with van der Waals surface area (Å²) in [4.78, 5) is 0. The lowest BCUT2D eigenvalue weighted by molar-refractivity contribution is -0.170. The Balaban J connectivity index is 2.42. The Morgan fingerprint density at radius 3 is 2.56 bits per heavy atom. The third kappa shape index (κ3) is 1.93. The Kier molecular flexibility index (Phi) is 3.18. The fourth-order valence-corrected chi connectivity index (χ4v) is 1.87. The maximum absolute atomic E-state index is 13.6. The van der Waals surface area contributed by atoms with Gasteiger partial charge in [-0.1, -0.05) is 0 Å². The molecule has 2 rings (SSSR count). The Hall–Kier alpha value is -1.04. The quantitative estimate of drug-likeness (QED) is 0.854. The predicted molar refractivity (Wildman–Crippen MR) is 53.6 cm³/mol. The van der Waals surface area contributed by atoms with Crippen molar-refractivity contribution in [2.75, 3.05) is 19.8 Å². The van der Waals surface area contributed by atoms with Crippen molar-refractivity contribution >= 4 is 0 Å². The molecule has 0 saturated carbocycles. The summed E-state index contributed by atoms with van der Waals surface area (Å²) in [7, 11) is 0. The van der Waals surface area contributed by atoms with Gasteiger partial charge in [0, 0.05) is 12.0 Å². The van der Waals surface area contributed by atoms with E-state index in [-0.39, 0.29) is 12.1 Å². The molecule has 1 fully saturated rings. The minimum atomic E-state index is -1.22. The first-order valence-corrected chi connectivity index (χ1v) is 5.11. The highest BCUT2D eigenvalue weighted by molar-refractivity contribution is 5.24. The summed E-state index contributed by atoms with van der Waals surface area (Å²) in [6.07, 6.45) is 0.299. The number of benzene rings is 1. The maximum Gasteiger partial charge on any atom is 0.199 e. The van der Waals surface area contributed by atoms with Crippen molar-refractivity contribution in [1.82, 2.24) is 0 Å². The lowest BCUT2D eigenvalue weighted by Gasteiger charge is -2.27. The first-order valence-electron chi connectivity index (χ1n) is 5.11. The van der Waals surface area contributed by atoms with Crippen LogP contribution in [-0.2, 0) is 15.3 Å². The van der Waals surface area contributed by atoms with Crippen LogP contribution in [0.3, 0.4) is 0 Å². The van der Waals surface area contributed by atoms with E-state index in [1.807, 2.05) is 0 Å². The molecule has 1 aromatic rings. The molecule has 0 spiro atoms. The topological polar surface area (TPSA) is 44.5 Å². The summed E-state index contributed by atoms with van der Waals surface area (Å²) in [6.45, 7) is 0.988. The largest absolute Gasteiger partial charge is 0.343 e. The highest BCUT2D eigenvalue weighted by Gasteiger charge is 2.40. The van der Waals surface area contributed by atoms with Gasteiger partial charge in [-0.3, -0.25) is 0 Å². The van der Waals surface area contributed by atoms with Gasteiger partial charge in [0.05, 0.1) is 13.2 Å². The molecule has 0 amide bonds. The van der Waals surface area contributed by atoms with Crippen LogP contribution in [0.15, 0.2) is 18.2 Å². The number of rotatable bonds is 3. The zero-order chi connectivity index (χ0) is 11.6. The SMILES string of the molecule is NCCC1(c2cc(F)ccc2F)OCCO1. The number of halogens is 2. The van der Waals surface area contributed by atoms with Gasteiger partial charge in [0.2, 0.25) is 0 Å². The van der Waals surface area contributed by atoms with Gasteiger partial charge in [-0.2, -0.15) is 0 Å². The summed E-state index contributed by atoms with van der Waals surface area (Å²) < 4.78 is 37.5. The van der Waals surface area contributed by atoms with Gasteiger partial charge in [0.1, 0.15) is 11.6 Å². The number of ether oxygens (including phenoxy) is 2. The van der Waals surface area contributed by atoms with E-state index < -0.39 is 17.4 Å². The van der Waals surface area contributed by atoms with Crippen LogP contribution in [0.5, 0.6) is 0 Å². The van der Waals surface area contributed by atoms with Gasteiger partial charge >= 0.3 is 0 Å². The molecule has 0 aromatic heterocycles. The Bertz CT molecular complexity index is 378. The highest BCUT2D eigenvalue weighted by Crippen LogP contribution is 2.36. The Labute approximate surface area is 92.1 Å². The van der Waals surface area contributed by atoms with Crippen molar-refractivity contribution in [3.05, 3.63) is 35.4 Å². The standard InChI is InChI=1S/C11H13F2NO2/c12-8-1-2-10(13)9(7-8)11(3-4-14)15-5-6-16-11/h1-2,7H,3-6,14H2. The van der Waals surface area contributed by atoms with Gasteiger partial charge in [-0.25, -0.2) is 8.78 Å². The summed E-state index contributed by atoms with van der Waals surface area (Å²) in [5.74, 6) is -2.29. The van der Waals surface area contributed by atoms with Crippen molar-refractivity contribution in [2.45, 2.75) is 12.2 Å². The van der Waals surface area contributed by atoms with Gasteiger partial charge in [-0.15, -0.1) is 0 Å². The highest BCUT2D eigenvalue weighted by atomic mass is 19.1. The van der Waals surface area contributed by atoms with Gasteiger partial charge in [0.25, 0.3) is 0 Å². The molecule has 1 heterocycles. The van der Waals surface area contributed by atoms with Gasteiger partial charge < -0.3 is 15.2 Å². The normalized spacial score (nSPS) is 18.9. The van der Waals surface area contributed by atoms with Crippen LogP contribution in [0.2, 0.25) is 0 Å². The third-order valence-electron chi connectivity index (χ3n) is 2.57. The van der Waals surface area contributed by atoms with E-state index in [9.17, 15) is 8.78 Å². The van der Waals surface area contributed by atoms with E-state index in [4.69, 9.17) is 15.2 Å². The average molecular weight is 229 g/mol. The fourth-order valence-electron chi connectivity index (χ4n) is 1.87. The van der Waals surface area contributed by atoms with Crippen LogP contribution >= 0.6 is 0 Å². The van der Waals surface area contributed by atoms with Crippen LogP contribution < -0.4 is 5.73 Å². The summed E-state index contributed by atoms with van der Waals surface area (Å²) in [6, 6.07) is 3.22. The van der Waals surface area contributed by atoms with Crippen molar-refractivity contribution in [3.8, 4) is 0 Å². The second kappa shape index (κ2) is 4.45. The predicted octanol–water partition coefficient (Wildman–Crippen LogP) is 1.51. The molecule has 0 aliphatic carbocycles. The molecule has 1 aliphatic heterocycles. The molecule has 88 valence electrons. The van der Waals surface area contributed by atoms with Crippen molar-refractivity contribution in [2.24, 2.45) is 5.73 Å². The van der Waals surface area contributed by atoms with E-state index >= 15 is 0 Å². The number of nitrogens with two attached hydrogens (primary N) is 1. The summed E-state index contributed by atoms with van der Waals surface area (Å²) in [5, 5.41) is 0. The molecular weight excluding hydrogens is 216 g/mol. The van der Waals surface area contributed by atoms with Crippen LogP contribution in [0, 0.1) is 11.6 Å². The lowest BCUT2D eigenvalue weighted by Crippen LogP contribution is -2.31. The molecule has 5 heteroatoms. The maximum atomic E-state index is 13.6. The molecule has 0 unspecified atom stereocenters. The van der Waals surface area contributed by atoms with Gasteiger partial charge in [0.15, 0.2) is 5.79 Å². The molecular formula is C11H13F2NO2. The van der Waals surface area contributed by atoms with E-state index in [1.54, 1.807) is 0 Å². The fraction of sp³-hybridized carbons (Fsp3) is 0.455. The smallest absolute Gasteiger partial charge is 0.199 e. The van der Waals surface area contributed by atoms with E-state index in [0.717, 1.165) is 18.2 Å². The van der Waals surface area contributed by atoms with Crippen LogP contribution in [0.25, 0.3) is 0 Å². The number of hydrogen-bond donors (Lipinski definition) is 1. The molecule has 0 radical (unpaired) electrons. The first-order chi connectivity index (χ1) is 7.68. The minimum Gasteiger partial charge on any atom is -0.343 e. The average Bonchev–Trinajstić information content (AvgIpc) is 2.72. The molecule has 1 aromatic carbocycles. The molecule has 1 saturated heterocycles. The minimum absolute atomic E-state index is 0.0791. The molecule has 1 aliphatic rings. The van der Waals surface area contributed by atoms with Crippen LogP contribution in [0.4, 0.5) is 8.78 Å². The molecule has 3 nitrogen and oxygen atoms in total. The van der Waals surface area contributed by atoms with E-state index in [1.165, 1.54) is 0 Å². The van der Waals surface area contributed by atoms with E-state index in [0.29, 0.717) is 19.6 Å².